The Balaban J connectivity index is 1.94. The van der Waals surface area contributed by atoms with E-state index in [1.165, 1.54) is 18.7 Å². The fraction of sp³-hybridized carbons (Fsp3) is 0.375. The molecule has 1 aromatic heterocycles. The summed E-state index contributed by atoms with van der Waals surface area (Å²) >= 11 is 1.69. The molecule has 2 aromatic rings. The Morgan fingerprint density at radius 3 is 2.86 bits per heavy atom. The van der Waals surface area contributed by atoms with Crippen LogP contribution in [0.15, 0.2) is 35.0 Å². The molecule has 3 nitrogen and oxygen atoms in total. The second-order valence-electron chi connectivity index (χ2n) is 5.12. The summed E-state index contributed by atoms with van der Waals surface area (Å²) in [4.78, 5) is 2.19. The van der Waals surface area contributed by atoms with Crippen molar-refractivity contribution in [2.45, 2.75) is 19.0 Å². The summed E-state index contributed by atoms with van der Waals surface area (Å²) < 4.78 is 19.2. The van der Waals surface area contributed by atoms with Crippen LogP contribution in [-0.4, -0.2) is 25.6 Å². The molecule has 0 amide bonds. The minimum Gasteiger partial charge on any atom is -0.496 e. The average Bonchev–Trinajstić information content (AvgIpc) is 2.97. The molecule has 114 valence electrons. The van der Waals surface area contributed by atoms with Gasteiger partial charge in [-0.2, -0.15) is 11.3 Å². The first-order valence-corrected chi connectivity index (χ1v) is 7.83. The lowest BCUT2D eigenvalue weighted by atomic mass is 10.0. The third kappa shape index (κ3) is 4.27. The lowest BCUT2D eigenvalue weighted by molar-refractivity contribution is 0.308. The van der Waals surface area contributed by atoms with E-state index in [0.717, 1.165) is 13.1 Å². The molecule has 0 radical (unpaired) electrons. The number of thiophene rings is 1. The Kier molecular flexibility index (Phi) is 5.73. The minimum absolute atomic E-state index is 0.303. The molecule has 2 N–H and O–H groups in total. The molecule has 0 bridgehead atoms. The van der Waals surface area contributed by atoms with E-state index in [9.17, 15) is 4.39 Å². The SMILES string of the molecule is COc1cccc(F)c1C(N)CCN(C)Cc1ccsc1. The molecule has 1 heterocycles. The van der Waals surface area contributed by atoms with Gasteiger partial charge in [0.1, 0.15) is 11.6 Å². The van der Waals surface area contributed by atoms with E-state index in [0.29, 0.717) is 17.7 Å². The standard InChI is InChI=1S/C16H21FN2OS/c1-19(10-12-7-9-21-11-12)8-6-14(18)16-13(17)4-3-5-15(16)20-2/h3-5,7,9,11,14H,6,8,10,18H2,1-2H3. The van der Waals surface area contributed by atoms with Gasteiger partial charge in [0.15, 0.2) is 0 Å². The number of rotatable bonds is 7. The highest BCUT2D eigenvalue weighted by atomic mass is 32.1. The summed E-state index contributed by atoms with van der Waals surface area (Å²) in [7, 11) is 3.58. The number of nitrogens with two attached hydrogens (primary N) is 1. The lowest BCUT2D eigenvalue weighted by Crippen LogP contribution is -2.24. The van der Waals surface area contributed by atoms with E-state index in [1.54, 1.807) is 23.5 Å². The second-order valence-corrected chi connectivity index (χ2v) is 5.90. The molecule has 0 saturated heterocycles. The van der Waals surface area contributed by atoms with Gasteiger partial charge in [-0.25, -0.2) is 4.39 Å². The largest absolute Gasteiger partial charge is 0.496 e. The summed E-state index contributed by atoms with van der Waals surface area (Å²) in [6, 6.07) is 6.54. The van der Waals surface area contributed by atoms with Crippen molar-refractivity contribution in [3.63, 3.8) is 0 Å². The van der Waals surface area contributed by atoms with Gasteiger partial charge in [-0.3, -0.25) is 0 Å². The van der Waals surface area contributed by atoms with Crippen molar-refractivity contribution < 1.29 is 9.13 Å². The molecule has 0 aliphatic rings. The van der Waals surface area contributed by atoms with Crippen molar-refractivity contribution in [1.82, 2.24) is 4.90 Å². The monoisotopic (exact) mass is 308 g/mol. The van der Waals surface area contributed by atoms with Crippen molar-refractivity contribution in [3.8, 4) is 5.75 Å². The van der Waals surface area contributed by atoms with Gasteiger partial charge in [-0.1, -0.05) is 6.07 Å². The van der Waals surface area contributed by atoms with Crippen LogP contribution in [0.1, 0.15) is 23.6 Å². The van der Waals surface area contributed by atoms with E-state index < -0.39 is 0 Å². The zero-order valence-electron chi connectivity index (χ0n) is 12.4. The van der Waals surface area contributed by atoms with Crippen LogP contribution >= 0.6 is 11.3 Å². The van der Waals surface area contributed by atoms with Gasteiger partial charge >= 0.3 is 0 Å². The second kappa shape index (κ2) is 7.54. The minimum atomic E-state index is -0.369. The molecule has 0 aliphatic heterocycles. The van der Waals surface area contributed by atoms with Crippen molar-refractivity contribution in [1.29, 1.82) is 0 Å². The smallest absolute Gasteiger partial charge is 0.131 e. The molecular formula is C16H21FN2OS. The van der Waals surface area contributed by atoms with Crippen molar-refractivity contribution in [3.05, 3.63) is 52.0 Å². The predicted octanol–water partition coefficient (Wildman–Crippen LogP) is 3.42. The Morgan fingerprint density at radius 2 is 2.19 bits per heavy atom. The predicted molar refractivity (Wildman–Crippen MR) is 85.2 cm³/mol. The van der Waals surface area contributed by atoms with Crippen LogP contribution in [0.2, 0.25) is 0 Å². The summed E-state index contributed by atoms with van der Waals surface area (Å²) in [5.74, 6) is 0.213. The maximum absolute atomic E-state index is 13.9. The van der Waals surface area contributed by atoms with Gasteiger partial charge in [0, 0.05) is 18.2 Å². The van der Waals surface area contributed by atoms with Crippen molar-refractivity contribution in [2.24, 2.45) is 5.73 Å². The number of nitrogens with zero attached hydrogens (tertiary/aromatic N) is 1. The summed E-state index contributed by atoms with van der Waals surface area (Å²) in [6.45, 7) is 1.68. The molecule has 0 spiro atoms. The van der Waals surface area contributed by atoms with Gasteiger partial charge in [0.25, 0.3) is 0 Å². The first-order valence-electron chi connectivity index (χ1n) is 6.89. The van der Waals surface area contributed by atoms with Crippen molar-refractivity contribution in [2.75, 3.05) is 20.7 Å². The Morgan fingerprint density at radius 1 is 1.38 bits per heavy atom. The van der Waals surface area contributed by atoms with Gasteiger partial charge < -0.3 is 15.4 Å². The molecule has 0 fully saturated rings. The first-order chi connectivity index (χ1) is 10.1. The molecule has 1 aromatic carbocycles. The van der Waals surface area contributed by atoms with Gasteiger partial charge in [0.2, 0.25) is 0 Å². The normalized spacial score (nSPS) is 12.6. The molecule has 21 heavy (non-hydrogen) atoms. The summed E-state index contributed by atoms with van der Waals surface area (Å²) in [6.07, 6.45) is 0.679. The van der Waals surface area contributed by atoms with Gasteiger partial charge in [-0.15, -0.1) is 0 Å². The molecule has 0 aliphatic carbocycles. The average molecular weight is 308 g/mol. The van der Waals surface area contributed by atoms with Crippen LogP contribution in [0.25, 0.3) is 0 Å². The fourth-order valence-electron chi connectivity index (χ4n) is 2.33. The molecule has 5 heteroatoms. The Labute approximate surface area is 129 Å². The highest BCUT2D eigenvalue weighted by Crippen LogP contribution is 2.28. The Bertz CT molecular complexity index is 559. The number of methoxy groups -OCH3 is 1. The zero-order valence-corrected chi connectivity index (χ0v) is 13.2. The van der Waals surface area contributed by atoms with Crippen LogP contribution in [0.4, 0.5) is 4.39 Å². The fourth-order valence-corrected chi connectivity index (χ4v) is 2.99. The molecule has 0 saturated carbocycles. The van der Waals surface area contributed by atoms with Crippen LogP contribution in [-0.2, 0) is 6.54 Å². The number of halogens is 1. The summed E-state index contributed by atoms with van der Waals surface area (Å²) in [5.41, 5.74) is 7.90. The van der Waals surface area contributed by atoms with E-state index in [-0.39, 0.29) is 11.9 Å². The van der Waals surface area contributed by atoms with Crippen LogP contribution in [0.3, 0.4) is 0 Å². The highest BCUT2D eigenvalue weighted by molar-refractivity contribution is 7.07. The molecule has 2 rings (SSSR count). The third-order valence-electron chi connectivity index (χ3n) is 3.46. The topological polar surface area (TPSA) is 38.5 Å². The number of hydrogen-bond acceptors (Lipinski definition) is 4. The number of benzene rings is 1. The van der Waals surface area contributed by atoms with E-state index in [4.69, 9.17) is 10.5 Å². The van der Waals surface area contributed by atoms with Gasteiger partial charge in [0.05, 0.1) is 7.11 Å². The summed E-state index contributed by atoms with van der Waals surface area (Å²) in [5, 5.41) is 4.20. The molecular weight excluding hydrogens is 287 g/mol. The highest BCUT2D eigenvalue weighted by Gasteiger charge is 2.17. The van der Waals surface area contributed by atoms with Crippen molar-refractivity contribution >= 4 is 11.3 Å². The van der Waals surface area contributed by atoms with Gasteiger partial charge in [-0.05, 0) is 54.5 Å². The first kappa shape index (κ1) is 15.9. The van der Waals surface area contributed by atoms with Crippen LogP contribution < -0.4 is 10.5 Å². The maximum atomic E-state index is 13.9. The molecule has 1 unspecified atom stereocenters. The molecule has 1 atom stereocenters. The van der Waals surface area contributed by atoms with E-state index >= 15 is 0 Å². The van der Waals surface area contributed by atoms with Crippen LogP contribution in [0.5, 0.6) is 5.75 Å². The van der Waals surface area contributed by atoms with E-state index in [2.05, 4.69) is 21.7 Å². The lowest BCUT2D eigenvalue weighted by Gasteiger charge is -2.20. The number of ether oxygens (including phenoxy) is 1. The van der Waals surface area contributed by atoms with Crippen LogP contribution in [0, 0.1) is 5.82 Å². The maximum Gasteiger partial charge on any atom is 0.131 e. The van der Waals surface area contributed by atoms with E-state index in [1.807, 2.05) is 7.05 Å². The number of hydrogen-bond donors (Lipinski definition) is 1. The zero-order chi connectivity index (χ0) is 15.2. The Hall–Kier alpha value is -1.43. The third-order valence-corrected chi connectivity index (χ3v) is 4.19. The quantitative estimate of drug-likeness (QED) is 0.852.